The van der Waals surface area contributed by atoms with E-state index in [1.807, 2.05) is 12.1 Å². The zero-order valence-corrected chi connectivity index (χ0v) is 14.9. The largest absolute Gasteiger partial charge is 0.494 e. The maximum Gasteiger partial charge on any atom is 0.273 e. The second kappa shape index (κ2) is 7.39. The maximum absolute atomic E-state index is 12.7. The molecule has 2 aromatic heterocycles. The van der Waals surface area contributed by atoms with Gasteiger partial charge in [0.05, 0.1) is 31.2 Å². The zero-order valence-electron chi connectivity index (χ0n) is 14.9. The summed E-state index contributed by atoms with van der Waals surface area (Å²) in [6.07, 6.45) is 7.52. The molecule has 3 heterocycles. The minimum absolute atomic E-state index is 0.0528. The lowest BCUT2D eigenvalue weighted by Gasteiger charge is -2.33. The number of hydrogen-bond acceptors (Lipinski definition) is 7. The molecule has 8 nitrogen and oxygen atoms in total. The van der Waals surface area contributed by atoms with Crippen molar-refractivity contribution in [1.82, 2.24) is 21.2 Å². The van der Waals surface area contributed by atoms with Crippen LogP contribution in [0, 0.1) is 17.2 Å². The van der Waals surface area contributed by atoms with E-state index in [0.717, 1.165) is 24.8 Å². The Balaban J connectivity index is 1.46. The molecule has 0 bridgehead atoms. The number of nitriles is 1. The van der Waals surface area contributed by atoms with Crippen LogP contribution in [-0.4, -0.2) is 30.1 Å². The van der Waals surface area contributed by atoms with Gasteiger partial charge in [-0.15, -0.1) is 0 Å². The van der Waals surface area contributed by atoms with E-state index in [-0.39, 0.29) is 23.7 Å². The molecular formula is C19H21N5O3. The molecule has 1 amide bonds. The zero-order chi connectivity index (χ0) is 18.8. The molecule has 4 atom stereocenters. The van der Waals surface area contributed by atoms with Gasteiger partial charge in [-0.25, -0.2) is 10.4 Å². The lowest BCUT2D eigenvalue weighted by molar-refractivity contribution is 0.0906. The molecule has 2 aromatic rings. The van der Waals surface area contributed by atoms with E-state index < -0.39 is 0 Å². The molecule has 1 aliphatic heterocycles. The van der Waals surface area contributed by atoms with Gasteiger partial charge in [0, 0.05) is 29.9 Å². The van der Waals surface area contributed by atoms with Crippen LogP contribution < -0.4 is 20.9 Å². The number of rotatable bonds is 4. The minimum Gasteiger partial charge on any atom is -0.494 e. The van der Waals surface area contributed by atoms with Gasteiger partial charge in [0.1, 0.15) is 6.07 Å². The van der Waals surface area contributed by atoms with Crippen molar-refractivity contribution < 1.29 is 13.9 Å². The van der Waals surface area contributed by atoms with Crippen LogP contribution in [0.15, 0.2) is 35.3 Å². The Morgan fingerprint density at radius 1 is 1.44 bits per heavy atom. The minimum atomic E-state index is -0.279. The first-order chi connectivity index (χ1) is 13.2. The maximum atomic E-state index is 12.7. The quantitative estimate of drug-likeness (QED) is 0.753. The van der Waals surface area contributed by atoms with Crippen molar-refractivity contribution in [2.75, 3.05) is 7.11 Å². The Hall–Kier alpha value is -2.89. The van der Waals surface area contributed by atoms with Crippen LogP contribution in [0.4, 0.5) is 0 Å². The number of hydrogen-bond donors (Lipinski definition) is 3. The first-order valence-electron chi connectivity index (χ1n) is 8.97. The highest BCUT2D eigenvalue weighted by Crippen LogP contribution is 2.38. The lowest BCUT2D eigenvalue weighted by atomic mass is 9.77. The summed E-state index contributed by atoms with van der Waals surface area (Å²) in [6.45, 7) is 0. The molecule has 2 fully saturated rings. The molecule has 2 aliphatic rings. The number of pyridine rings is 1. The van der Waals surface area contributed by atoms with E-state index in [1.54, 1.807) is 12.5 Å². The van der Waals surface area contributed by atoms with Crippen LogP contribution in [0.5, 0.6) is 5.75 Å². The van der Waals surface area contributed by atoms with E-state index in [4.69, 9.17) is 14.4 Å². The summed E-state index contributed by atoms with van der Waals surface area (Å²) in [5.74, 6) is 0.386. The highest BCUT2D eigenvalue weighted by Gasteiger charge is 2.41. The number of carbonyl (C=O) groups is 1. The Bertz CT molecular complexity index is 861. The fraction of sp³-hybridized carbons (Fsp3) is 0.421. The number of nitrogens with zero attached hydrogens (tertiary/aromatic N) is 2. The number of nitrogens with one attached hydrogen (secondary N) is 3. The number of carbonyl (C=O) groups excluding carboxylic acids is 1. The van der Waals surface area contributed by atoms with Crippen LogP contribution in [0.3, 0.4) is 0 Å². The van der Waals surface area contributed by atoms with Crippen molar-refractivity contribution in [3.8, 4) is 11.8 Å². The SMILES string of the molecule is COc1cc(C#N)cnc1C(=O)NC1CCC2NNC(c3ccoc3)C2C1. The molecule has 1 aliphatic carbocycles. The second-order valence-electron chi connectivity index (χ2n) is 6.96. The molecule has 4 rings (SSSR count). The second-order valence-corrected chi connectivity index (χ2v) is 6.96. The predicted octanol–water partition coefficient (Wildman–Crippen LogP) is 1.67. The molecule has 8 heteroatoms. The van der Waals surface area contributed by atoms with Gasteiger partial charge in [-0.1, -0.05) is 0 Å². The molecule has 0 aromatic carbocycles. The molecule has 0 radical (unpaired) electrons. The normalized spacial score (nSPS) is 26.8. The molecule has 1 saturated carbocycles. The molecule has 3 N–H and O–H groups in total. The van der Waals surface area contributed by atoms with Gasteiger partial charge >= 0.3 is 0 Å². The van der Waals surface area contributed by atoms with E-state index in [1.165, 1.54) is 19.4 Å². The first kappa shape index (κ1) is 17.5. The monoisotopic (exact) mass is 367 g/mol. The van der Waals surface area contributed by atoms with Crippen LogP contribution >= 0.6 is 0 Å². The number of amides is 1. The number of hydrazine groups is 1. The topological polar surface area (TPSA) is 112 Å². The van der Waals surface area contributed by atoms with E-state index in [0.29, 0.717) is 23.3 Å². The summed E-state index contributed by atoms with van der Waals surface area (Å²) in [7, 11) is 1.46. The Kier molecular flexibility index (Phi) is 4.79. The van der Waals surface area contributed by atoms with Crippen LogP contribution in [0.2, 0.25) is 0 Å². The van der Waals surface area contributed by atoms with E-state index in [9.17, 15) is 4.79 Å². The van der Waals surface area contributed by atoms with Crippen molar-refractivity contribution in [2.24, 2.45) is 5.92 Å². The van der Waals surface area contributed by atoms with Crippen molar-refractivity contribution in [1.29, 1.82) is 5.26 Å². The molecule has 4 unspecified atom stereocenters. The number of ether oxygens (including phenoxy) is 1. The third-order valence-corrected chi connectivity index (χ3v) is 5.41. The number of fused-ring (bicyclic) bond motifs is 1. The molecule has 27 heavy (non-hydrogen) atoms. The predicted molar refractivity (Wildman–Crippen MR) is 95.6 cm³/mol. The summed E-state index contributed by atoms with van der Waals surface area (Å²) in [4.78, 5) is 16.8. The van der Waals surface area contributed by atoms with Crippen LogP contribution in [0.1, 0.15) is 46.9 Å². The molecule has 0 spiro atoms. The molecular weight excluding hydrogens is 346 g/mol. The van der Waals surface area contributed by atoms with Crippen LogP contribution in [-0.2, 0) is 0 Å². The van der Waals surface area contributed by atoms with Gasteiger partial charge in [0.15, 0.2) is 11.4 Å². The number of aromatic nitrogens is 1. The first-order valence-corrected chi connectivity index (χ1v) is 8.97. The standard InChI is InChI=1S/C19H21N5O3/c1-26-16-6-11(8-20)9-21-18(16)19(25)22-13-2-3-15-14(7-13)17(24-23-15)12-4-5-27-10-12/h4-6,9-10,13-15,17,23-24H,2-3,7H2,1H3,(H,22,25). The van der Waals surface area contributed by atoms with Crippen LogP contribution in [0.25, 0.3) is 0 Å². The lowest BCUT2D eigenvalue weighted by Crippen LogP contribution is -2.44. The third-order valence-electron chi connectivity index (χ3n) is 5.41. The Morgan fingerprint density at radius 3 is 3.07 bits per heavy atom. The third kappa shape index (κ3) is 3.39. The Labute approximate surface area is 156 Å². The summed E-state index contributed by atoms with van der Waals surface area (Å²) in [6, 6.07) is 6.08. The van der Waals surface area contributed by atoms with Crippen molar-refractivity contribution >= 4 is 5.91 Å². The summed E-state index contributed by atoms with van der Waals surface area (Å²) in [5, 5.41) is 12.1. The molecule has 1 saturated heterocycles. The smallest absolute Gasteiger partial charge is 0.273 e. The fourth-order valence-electron chi connectivity index (χ4n) is 4.06. The summed E-state index contributed by atoms with van der Waals surface area (Å²) in [5.41, 5.74) is 8.38. The van der Waals surface area contributed by atoms with Gasteiger partial charge in [-0.05, 0) is 31.2 Å². The van der Waals surface area contributed by atoms with E-state index >= 15 is 0 Å². The molecule has 140 valence electrons. The Morgan fingerprint density at radius 2 is 2.33 bits per heavy atom. The highest BCUT2D eigenvalue weighted by atomic mass is 16.5. The number of methoxy groups -OCH3 is 1. The van der Waals surface area contributed by atoms with Gasteiger partial charge in [0.25, 0.3) is 5.91 Å². The highest BCUT2D eigenvalue weighted by molar-refractivity contribution is 5.95. The summed E-state index contributed by atoms with van der Waals surface area (Å²) >= 11 is 0. The van der Waals surface area contributed by atoms with Gasteiger partial charge in [-0.2, -0.15) is 5.26 Å². The van der Waals surface area contributed by atoms with Gasteiger partial charge < -0.3 is 14.5 Å². The van der Waals surface area contributed by atoms with E-state index in [2.05, 4.69) is 21.2 Å². The van der Waals surface area contributed by atoms with Gasteiger partial charge in [0.2, 0.25) is 0 Å². The van der Waals surface area contributed by atoms with Gasteiger partial charge in [-0.3, -0.25) is 10.2 Å². The van der Waals surface area contributed by atoms with Crippen molar-refractivity contribution in [3.63, 3.8) is 0 Å². The number of furan rings is 1. The van der Waals surface area contributed by atoms with Crippen molar-refractivity contribution in [3.05, 3.63) is 47.7 Å². The average molecular weight is 367 g/mol. The fourth-order valence-corrected chi connectivity index (χ4v) is 4.06. The van der Waals surface area contributed by atoms with Crippen molar-refractivity contribution in [2.45, 2.75) is 37.4 Å². The summed E-state index contributed by atoms with van der Waals surface area (Å²) < 4.78 is 10.4. The average Bonchev–Trinajstić information content (AvgIpc) is 3.36.